The van der Waals surface area contributed by atoms with Crippen LogP contribution in [0.3, 0.4) is 0 Å². The summed E-state index contributed by atoms with van der Waals surface area (Å²) in [4.78, 5) is 37.9. The number of hydrogen-bond donors (Lipinski definition) is 0. The summed E-state index contributed by atoms with van der Waals surface area (Å²) in [6.45, 7) is 6.62. The summed E-state index contributed by atoms with van der Waals surface area (Å²) in [7, 11) is 0. The van der Waals surface area contributed by atoms with Crippen molar-refractivity contribution in [3.63, 3.8) is 0 Å². The molecular formula is C63H118O6. The number of carbonyl (C=O) groups excluding carboxylic acids is 3. The van der Waals surface area contributed by atoms with Gasteiger partial charge in [0.2, 0.25) is 0 Å². The van der Waals surface area contributed by atoms with Crippen molar-refractivity contribution in [2.24, 2.45) is 0 Å². The summed E-state index contributed by atoms with van der Waals surface area (Å²) in [5.41, 5.74) is 0. The normalized spacial score (nSPS) is 12.1. The number of unbranched alkanes of at least 4 members (excludes halogenated alkanes) is 42. The van der Waals surface area contributed by atoms with Gasteiger partial charge in [-0.2, -0.15) is 0 Å². The van der Waals surface area contributed by atoms with Gasteiger partial charge < -0.3 is 14.2 Å². The Morgan fingerprint density at radius 2 is 0.522 bits per heavy atom. The minimum absolute atomic E-state index is 0.0651. The van der Waals surface area contributed by atoms with E-state index in [1.165, 1.54) is 238 Å². The molecule has 0 radical (unpaired) electrons. The van der Waals surface area contributed by atoms with Crippen LogP contribution in [0.15, 0.2) is 24.3 Å². The first kappa shape index (κ1) is 66.9. The van der Waals surface area contributed by atoms with Gasteiger partial charge in [0, 0.05) is 19.3 Å². The van der Waals surface area contributed by atoms with Crippen LogP contribution in [0, 0.1) is 0 Å². The Kier molecular flexibility index (Phi) is 56.7. The molecule has 1 unspecified atom stereocenters. The Balaban J connectivity index is 3.93. The lowest BCUT2D eigenvalue weighted by Crippen LogP contribution is -2.30. The van der Waals surface area contributed by atoms with E-state index < -0.39 is 6.10 Å². The predicted molar refractivity (Wildman–Crippen MR) is 298 cm³/mol. The number of ether oxygens (including phenoxy) is 3. The smallest absolute Gasteiger partial charge is 0.306 e. The molecule has 1 atom stereocenters. The van der Waals surface area contributed by atoms with Gasteiger partial charge in [0.05, 0.1) is 0 Å². The molecule has 69 heavy (non-hydrogen) atoms. The molecule has 0 rings (SSSR count). The summed E-state index contributed by atoms with van der Waals surface area (Å²) in [5, 5.41) is 0. The van der Waals surface area contributed by atoms with E-state index in [1.807, 2.05) is 0 Å². The lowest BCUT2D eigenvalue weighted by Gasteiger charge is -2.18. The molecule has 0 aliphatic carbocycles. The van der Waals surface area contributed by atoms with Crippen LogP contribution < -0.4 is 0 Å². The third-order valence-electron chi connectivity index (χ3n) is 14.0. The summed E-state index contributed by atoms with van der Waals surface area (Å²) in [6.07, 6.45) is 69.4. The molecule has 0 aromatic rings. The standard InChI is InChI=1S/C63H118O6/c1-4-7-10-13-16-18-20-22-24-25-26-27-28-29-30-31-32-33-34-35-36-37-38-39-40-42-43-45-47-50-53-56-62(65)68-59-60(58-67-61(64)55-52-49-15-12-9-6-3)69-63(66)57-54-51-48-46-44-41-23-21-19-17-14-11-8-5-2/h20,22,25-26,60H,4-19,21,23-24,27-59H2,1-3H3/b22-20-,26-25-. The third kappa shape index (κ3) is 56.7. The van der Waals surface area contributed by atoms with Gasteiger partial charge in [-0.3, -0.25) is 14.4 Å². The van der Waals surface area contributed by atoms with E-state index in [2.05, 4.69) is 45.1 Å². The zero-order chi connectivity index (χ0) is 50.0. The van der Waals surface area contributed by atoms with E-state index in [1.54, 1.807) is 0 Å². The van der Waals surface area contributed by atoms with Gasteiger partial charge in [-0.25, -0.2) is 0 Å². The molecule has 0 aliphatic heterocycles. The molecule has 6 heteroatoms. The van der Waals surface area contributed by atoms with Crippen molar-refractivity contribution < 1.29 is 28.6 Å². The van der Waals surface area contributed by atoms with Crippen LogP contribution in [-0.2, 0) is 28.6 Å². The van der Waals surface area contributed by atoms with Gasteiger partial charge >= 0.3 is 17.9 Å². The van der Waals surface area contributed by atoms with Gasteiger partial charge in [0.1, 0.15) is 13.2 Å². The summed E-state index contributed by atoms with van der Waals surface area (Å²) in [5.74, 6) is -0.854. The molecule has 0 spiro atoms. The molecule has 0 bridgehead atoms. The summed E-state index contributed by atoms with van der Waals surface area (Å²) >= 11 is 0. The van der Waals surface area contributed by atoms with Crippen LogP contribution in [0.5, 0.6) is 0 Å². The number of esters is 3. The highest BCUT2D eigenvalue weighted by atomic mass is 16.6. The average Bonchev–Trinajstić information content (AvgIpc) is 3.35. The Morgan fingerprint density at radius 1 is 0.290 bits per heavy atom. The molecule has 0 saturated heterocycles. The van der Waals surface area contributed by atoms with Crippen LogP contribution in [0.2, 0.25) is 0 Å². The molecule has 0 aliphatic rings. The highest BCUT2D eigenvalue weighted by Crippen LogP contribution is 2.18. The zero-order valence-corrected chi connectivity index (χ0v) is 46.6. The minimum atomic E-state index is -0.762. The van der Waals surface area contributed by atoms with E-state index in [-0.39, 0.29) is 31.1 Å². The first-order valence-corrected chi connectivity index (χ1v) is 30.8. The second kappa shape index (κ2) is 58.5. The summed E-state index contributed by atoms with van der Waals surface area (Å²) < 4.78 is 16.8. The Morgan fingerprint density at radius 3 is 0.797 bits per heavy atom. The quantitative estimate of drug-likeness (QED) is 0.0261. The second-order valence-corrected chi connectivity index (χ2v) is 21.0. The summed E-state index contributed by atoms with van der Waals surface area (Å²) in [6, 6.07) is 0. The monoisotopic (exact) mass is 971 g/mol. The largest absolute Gasteiger partial charge is 0.462 e. The Labute approximate surface area is 430 Å². The molecule has 0 fully saturated rings. The van der Waals surface area contributed by atoms with Crippen LogP contribution in [0.4, 0.5) is 0 Å². The van der Waals surface area contributed by atoms with Gasteiger partial charge in [-0.15, -0.1) is 0 Å². The van der Waals surface area contributed by atoms with Crippen LogP contribution in [-0.4, -0.2) is 37.2 Å². The van der Waals surface area contributed by atoms with Gasteiger partial charge in [0.25, 0.3) is 0 Å². The van der Waals surface area contributed by atoms with Gasteiger partial charge in [0.15, 0.2) is 6.10 Å². The van der Waals surface area contributed by atoms with Crippen molar-refractivity contribution in [2.75, 3.05) is 13.2 Å². The minimum Gasteiger partial charge on any atom is -0.462 e. The van der Waals surface area contributed by atoms with Crippen molar-refractivity contribution in [3.05, 3.63) is 24.3 Å². The second-order valence-electron chi connectivity index (χ2n) is 21.0. The number of hydrogen-bond acceptors (Lipinski definition) is 6. The molecule has 0 aromatic heterocycles. The number of allylic oxidation sites excluding steroid dienone is 4. The average molecular weight is 972 g/mol. The number of rotatable bonds is 57. The third-order valence-corrected chi connectivity index (χ3v) is 14.0. The molecule has 0 heterocycles. The van der Waals surface area contributed by atoms with E-state index in [0.717, 1.165) is 64.2 Å². The van der Waals surface area contributed by atoms with Crippen LogP contribution in [0.25, 0.3) is 0 Å². The topological polar surface area (TPSA) is 78.9 Å². The van der Waals surface area contributed by atoms with Crippen LogP contribution in [0.1, 0.15) is 342 Å². The maximum absolute atomic E-state index is 12.8. The fourth-order valence-electron chi connectivity index (χ4n) is 9.30. The first-order valence-electron chi connectivity index (χ1n) is 30.8. The fourth-order valence-corrected chi connectivity index (χ4v) is 9.30. The van der Waals surface area contributed by atoms with Crippen molar-refractivity contribution in [1.29, 1.82) is 0 Å². The van der Waals surface area contributed by atoms with Crippen LogP contribution >= 0.6 is 0 Å². The van der Waals surface area contributed by atoms with E-state index in [4.69, 9.17) is 14.2 Å². The molecule has 6 nitrogen and oxygen atoms in total. The first-order chi connectivity index (χ1) is 34.0. The van der Waals surface area contributed by atoms with E-state index in [0.29, 0.717) is 19.3 Å². The molecule has 0 amide bonds. The van der Waals surface area contributed by atoms with Crippen molar-refractivity contribution in [3.8, 4) is 0 Å². The zero-order valence-electron chi connectivity index (χ0n) is 46.6. The highest BCUT2D eigenvalue weighted by Gasteiger charge is 2.19. The lowest BCUT2D eigenvalue weighted by molar-refractivity contribution is -0.167. The van der Waals surface area contributed by atoms with Gasteiger partial charge in [-0.05, 0) is 51.4 Å². The predicted octanol–water partition coefficient (Wildman–Crippen LogP) is 20.7. The maximum Gasteiger partial charge on any atom is 0.306 e. The highest BCUT2D eigenvalue weighted by molar-refractivity contribution is 5.71. The van der Waals surface area contributed by atoms with Gasteiger partial charge in [-0.1, -0.05) is 295 Å². The Hall–Kier alpha value is -2.11. The van der Waals surface area contributed by atoms with E-state index in [9.17, 15) is 14.4 Å². The molecule has 406 valence electrons. The molecule has 0 N–H and O–H groups in total. The van der Waals surface area contributed by atoms with Crippen molar-refractivity contribution >= 4 is 17.9 Å². The lowest BCUT2D eigenvalue weighted by atomic mass is 10.0. The number of carbonyl (C=O) groups is 3. The maximum atomic E-state index is 12.8. The fraction of sp³-hybridized carbons (Fsp3) is 0.889. The van der Waals surface area contributed by atoms with Crippen molar-refractivity contribution in [2.45, 2.75) is 348 Å². The molecule has 0 aromatic carbocycles. The molecular weight excluding hydrogens is 853 g/mol. The Bertz CT molecular complexity index is 1110. The molecule has 0 saturated carbocycles. The SMILES string of the molecule is CCCCCCC/C=C\C/C=C\CCCCCCCCCCCCCCCCCCCCCC(=O)OCC(COC(=O)CCCCCCCC)OC(=O)CCCCCCCCCCCCCCCC. The van der Waals surface area contributed by atoms with Crippen molar-refractivity contribution in [1.82, 2.24) is 0 Å². The van der Waals surface area contributed by atoms with E-state index >= 15 is 0 Å².